The molecule has 5 heteroatoms. The van der Waals surface area contributed by atoms with Crippen molar-refractivity contribution in [1.82, 2.24) is 9.78 Å². The predicted molar refractivity (Wildman–Crippen MR) is 101 cm³/mol. The van der Waals surface area contributed by atoms with Gasteiger partial charge in [-0.25, -0.2) is 9.48 Å². The van der Waals surface area contributed by atoms with Crippen molar-refractivity contribution >= 4 is 17.4 Å². The first-order valence-corrected chi connectivity index (χ1v) is 8.64. The smallest absolute Gasteiger partial charge is 0.338 e. The molecule has 0 amide bonds. The van der Waals surface area contributed by atoms with Crippen molar-refractivity contribution in [3.05, 3.63) is 77.1 Å². The lowest BCUT2D eigenvalue weighted by Gasteiger charge is -2.08. The summed E-state index contributed by atoms with van der Waals surface area (Å²) in [4.78, 5) is 16.7. The molecule has 1 aliphatic heterocycles. The summed E-state index contributed by atoms with van der Waals surface area (Å²) in [6, 6.07) is 13.7. The SMILES string of the molecule is CCOC(=O)c1ccc(C)c(-n2cc(C3=Nc4ccccc4C3)cn2)c1. The molecule has 0 fully saturated rings. The molecule has 0 aliphatic carbocycles. The van der Waals surface area contributed by atoms with Crippen LogP contribution in [0.15, 0.2) is 59.9 Å². The Morgan fingerprint density at radius 1 is 1.23 bits per heavy atom. The van der Waals surface area contributed by atoms with Crippen molar-refractivity contribution in [3.63, 3.8) is 0 Å². The minimum absolute atomic E-state index is 0.322. The van der Waals surface area contributed by atoms with Gasteiger partial charge in [-0.15, -0.1) is 0 Å². The van der Waals surface area contributed by atoms with E-state index in [1.54, 1.807) is 17.7 Å². The highest BCUT2D eigenvalue weighted by Crippen LogP contribution is 2.28. The van der Waals surface area contributed by atoms with Crippen molar-refractivity contribution in [2.45, 2.75) is 20.3 Å². The summed E-state index contributed by atoms with van der Waals surface area (Å²) < 4.78 is 6.88. The third-order valence-corrected chi connectivity index (χ3v) is 4.49. The van der Waals surface area contributed by atoms with Gasteiger partial charge in [-0.1, -0.05) is 24.3 Å². The van der Waals surface area contributed by atoms with Gasteiger partial charge in [0.2, 0.25) is 0 Å². The largest absolute Gasteiger partial charge is 0.462 e. The van der Waals surface area contributed by atoms with Crippen LogP contribution in [0.2, 0.25) is 0 Å². The van der Waals surface area contributed by atoms with Gasteiger partial charge in [0.25, 0.3) is 0 Å². The third-order valence-electron chi connectivity index (χ3n) is 4.49. The van der Waals surface area contributed by atoms with Crippen LogP contribution in [-0.4, -0.2) is 28.1 Å². The van der Waals surface area contributed by atoms with E-state index in [4.69, 9.17) is 9.73 Å². The molecule has 0 bridgehead atoms. The van der Waals surface area contributed by atoms with Crippen LogP contribution in [0.4, 0.5) is 5.69 Å². The molecule has 1 aromatic heterocycles. The van der Waals surface area contributed by atoms with Crippen LogP contribution in [0.5, 0.6) is 0 Å². The van der Waals surface area contributed by atoms with Crippen LogP contribution in [0, 0.1) is 6.92 Å². The molecule has 0 radical (unpaired) electrons. The van der Waals surface area contributed by atoms with Crippen molar-refractivity contribution in [2.24, 2.45) is 4.99 Å². The minimum Gasteiger partial charge on any atom is -0.462 e. The van der Waals surface area contributed by atoms with Crippen molar-refractivity contribution in [3.8, 4) is 5.69 Å². The molecular weight excluding hydrogens is 326 g/mol. The Morgan fingerprint density at radius 3 is 2.88 bits per heavy atom. The standard InChI is InChI=1S/C21H19N3O2/c1-3-26-21(25)16-9-8-14(2)20(11-16)24-13-17(12-22-24)19-10-15-6-4-5-7-18(15)23-19/h4-9,11-13H,3,10H2,1-2H3. The van der Waals surface area contributed by atoms with Gasteiger partial charge < -0.3 is 4.74 Å². The summed E-state index contributed by atoms with van der Waals surface area (Å²) in [6.45, 7) is 4.15. The maximum Gasteiger partial charge on any atom is 0.338 e. The molecule has 1 aliphatic rings. The van der Waals surface area contributed by atoms with E-state index >= 15 is 0 Å². The number of aromatic nitrogens is 2. The van der Waals surface area contributed by atoms with E-state index in [9.17, 15) is 4.79 Å². The fraction of sp³-hybridized carbons (Fsp3) is 0.190. The highest BCUT2D eigenvalue weighted by atomic mass is 16.5. The van der Waals surface area contributed by atoms with E-state index in [-0.39, 0.29) is 5.97 Å². The zero-order valence-electron chi connectivity index (χ0n) is 14.8. The van der Waals surface area contributed by atoms with Crippen LogP contribution in [0.1, 0.15) is 34.0 Å². The average Bonchev–Trinajstić information content (AvgIpc) is 3.29. The number of hydrogen-bond donors (Lipinski definition) is 0. The second kappa shape index (κ2) is 6.59. The van der Waals surface area contributed by atoms with Gasteiger partial charge in [0.1, 0.15) is 0 Å². The van der Waals surface area contributed by atoms with Crippen molar-refractivity contribution in [2.75, 3.05) is 6.61 Å². The predicted octanol–water partition coefficient (Wildman–Crippen LogP) is 4.03. The quantitative estimate of drug-likeness (QED) is 0.671. The molecule has 0 spiro atoms. The number of esters is 1. The van der Waals surface area contributed by atoms with Crippen LogP contribution in [0.25, 0.3) is 5.69 Å². The molecule has 2 aromatic carbocycles. The van der Waals surface area contributed by atoms with Gasteiger partial charge in [-0.3, -0.25) is 4.99 Å². The highest BCUT2D eigenvalue weighted by molar-refractivity contribution is 6.06. The Kier molecular flexibility index (Phi) is 4.13. The van der Waals surface area contributed by atoms with Crippen LogP contribution < -0.4 is 0 Å². The number of carbonyl (C=O) groups excluding carboxylic acids is 1. The lowest BCUT2D eigenvalue weighted by Crippen LogP contribution is -2.07. The summed E-state index contributed by atoms with van der Waals surface area (Å²) >= 11 is 0. The number of hydrogen-bond acceptors (Lipinski definition) is 4. The normalized spacial score (nSPS) is 12.6. The Bertz CT molecular complexity index is 1020. The number of nitrogens with zero attached hydrogens (tertiary/aromatic N) is 3. The molecule has 0 saturated carbocycles. The van der Waals surface area contributed by atoms with E-state index in [1.165, 1.54) is 5.56 Å². The molecule has 3 aromatic rings. The van der Waals surface area contributed by atoms with Gasteiger partial charge in [-0.05, 0) is 43.2 Å². The average molecular weight is 345 g/mol. The van der Waals surface area contributed by atoms with Gasteiger partial charge in [0.15, 0.2) is 0 Å². The van der Waals surface area contributed by atoms with E-state index in [1.807, 2.05) is 49.6 Å². The molecule has 130 valence electrons. The summed E-state index contributed by atoms with van der Waals surface area (Å²) in [5.74, 6) is -0.322. The summed E-state index contributed by atoms with van der Waals surface area (Å²) in [7, 11) is 0. The molecular formula is C21H19N3O2. The molecule has 0 saturated heterocycles. The number of benzene rings is 2. The maximum absolute atomic E-state index is 12.0. The zero-order chi connectivity index (χ0) is 18.1. The van der Waals surface area contributed by atoms with E-state index in [0.717, 1.165) is 34.6 Å². The summed E-state index contributed by atoms with van der Waals surface area (Å²) in [6.07, 6.45) is 4.59. The minimum atomic E-state index is -0.322. The van der Waals surface area contributed by atoms with Crippen LogP contribution in [0.3, 0.4) is 0 Å². The molecule has 5 nitrogen and oxygen atoms in total. The topological polar surface area (TPSA) is 56.5 Å². The van der Waals surface area contributed by atoms with Gasteiger partial charge in [0.05, 0.1) is 35.5 Å². The van der Waals surface area contributed by atoms with Crippen LogP contribution >= 0.6 is 0 Å². The van der Waals surface area contributed by atoms with E-state index < -0.39 is 0 Å². The first-order chi connectivity index (χ1) is 12.7. The fourth-order valence-corrected chi connectivity index (χ4v) is 3.10. The van der Waals surface area contributed by atoms with Gasteiger partial charge in [0, 0.05) is 18.2 Å². The Hall–Kier alpha value is -3.21. The Morgan fingerprint density at radius 2 is 2.08 bits per heavy atom. The van der Waals surface area contributed by atoms with Crippen LogP contribution in [-0.2, 0) is 11.2 Å². The number of ether oxygens (including phenoxy) is 1. The first-order valence-electron chi connectivity index (χ1n) is 8.64. The van der Waals surface area contributed by atoms with E-state index in [2.05, 4.69) is 11.2 Å². The number of rotatable bonds is 4. The Labute approximate surface area is 152 Å². The Balaban J connectivity index is 1.65. The fourth-order valence-electron chi connectivity index (χ4n) is 3.10. The lowest BCUT2D eigenvalue weighted by molar-refractivity contribution is 0.0526. The summed E-state index contributed by atoms with van der Waals surface area (Å²) in [5.41, 5.74) is 6.67. The number of para-hydroxylation sites is 1. The monoisotopic (exact) mass is 345 g/mol. The second-order valence-corrected chi connectivity index (χ2v) is 6.26. The molecule has 2 heterocycles. The number of fused-ring (bicyclic) bond motifs is 1. The first kappa shape index (κ1) is 16.3. The zero-order valence-corrected chi connectivity index (χ0v) is 14.8. The summed E-state index contributed by atoms with van der Waals surface area (Å²) in [5, 5.41) is 4.48. The second-order valence-electron chi connectivity index (χ2n) is 6.26. The molecule has 0 atom stereocenters. The molecule has 26 heavy (non-hydrogen) atoms. The van der Waals surface area contributed by atoms with Crippen molar-refractivity contribution in [1.29, 1.82) is 0 Å². The van der Waals surface area contributed by atoms with Gasteiger partial charge >= 0.3 is 5.97 Å². The molecule has 0 unspecified atom stereocenters. The number of aliphatic imine (C=N–C) groups is 1. The number of aryl methyl sites for hydroxylation is 1. The molecule has 4 rings (SSSR count). The lowest BCUT2D eigenvalue weighted by atomic mass is 10.1. The third kappa shape index (κ3) is 2.92. The molecule has 0 N–H and O–H groups in total. The van der Waals surface area contributed by atoms with Crippen molar-refractivity contribution < 1.29 is 9.53 Å². The van der Waals surface area contributed by atoms with E-state index in [0.29, 0.717) is 12.2 Å². The maximum atomic E-state index is 12.0. The highest BCUT2D eigenvalue weighted by Gasteiger charge is 2.18. The number of carbonyl (C=O) groups is 1. The van der Waals surface area contributed by atoms with Gasteiger partial charge in [-0.2, -0.15) is 5.10 Å².